The summed E-state index contributed by atoms with van der Waals surface area (Å²) in [6, 6.07) is 22.0. The number of hydrogen-bond acceptors (Lipinski definition) is 5. The van der Waals surface area contributed by atoms with E-state index in [0.717, 1.165) is 11.4 Å². The number of amides is 1. The van der Waals surface area contributed by atoms with E-state index in [-0.39, 0.29) is 11.7 Å². The summed E-state index contributed by atoms with van der Waals surface area (Å²) in [4.78, 5) is 21.1. The summed E-state index contributed by atoms with van der Waals surface area (Å²) in [5, 5.41) is 6.01. The molecule has 31 heavy (non-hydrogen) atoms. The molecule has 0 unspecified atom stereocenters. The number of aromatic nitrogens is 2. The molecule has 3 aromatic carbocycles. The van der Waals surface area contributed by atoms with Crippen LogP contribution in [0.4, 0.5) is 21.6 Å². The molecule has 0 radical (unpaired) electrons. The highest BCUT2D eigenvalue weighted by Gasteiger charge is 2.08. The lowest BCUT2D eigenvalue weighted by molar-refractivity contribution is 0.102. The maximum atomic E-state index is 13.5. The van der Waals surface area contributed by atoms with Crippen LogP contribution in [-0.4, -0.2) is 23.0 Å². The van der Waals surface area contributed by atoms with Crippen molar-refractivity contribution in [2.75, 3.05) is 17.7 Å². The number of benzene rings is 3. The van der Waals surface area contributed by atoms with Gasteiger partial charge in [-0.2, -0.15) is 0 Å². The monoisotopic (exact) mass is 414 g/mol. The maximum absolute atomic E-state index is 13.5. The Kier molecular flexibility index (Phi) is 5.84. The van der Waals surface area contributed by atoms with Gasteiger partial charge >= 0.3 is 0 Å². The van der Waals surface area contributed by atoms with Crippen molar-refractivity contribution in [3.63, 3.8) is 0 Å². The number of anilines is 3. The van der Waals surface area contributed by atoms with Gasteiger partial charge in [0, 0.05) is 28.7 Å². The van der Waals surface area contributed by atoms with Gasteiger partial charge < -0.3 is 15.4 Å². The van der Waals surface area contributed by atoms with Crippen LogP contribution in [-0.2, 0) is 0 Å². The van der Waals surface area contributed by atoms with E-state index >= 15 is 0 Å². The molecule has 0 aliphatic carbocycles. The van der Waals surface area contributed by atoms with E-state index in [1.54, 1.807) is 80.0 Å². The van der Waals surface area contributed by atoms with Crippen LogP contribution in [0.3, 0.4) is 0 Å². The molecule has 1 heterocycles. The summed E-state index contributed by atoms with van der Waals surface area (Å²) in [5.74, 6) is 1.14. The minimum absolute atomic E-state index is 0.216. The van der Waals surface area contributed by atoms with Crippen LogP contribution < -0.4 is 15.4 Å². The Morgan fingerprint density at radius 2 is 1.68 bits per heavy atom. The zero-order valence-electron chi connectivity index (χ0n) is 16.7. The van der Waals surface area contributed by atoms with Crippen molar-refractivity contribution in [3.05, 3.63) is 96.4 Å². The number of hydrogen-bond donors (Lipinski definition) is 2. The van der Waals surface area contributed by atoms with Crippen molar-refractivity contribution < 1.29 is 13.9 Å². The lowest BCUT2D eigenvalue weighted by Crippen LogP contribution is -2.11. The molecule has 0 fully saturated rings. The second kappa shape index (κ2) is 9.04. The number of carbonyl (C=O) groups excluding carboxylic acids is 1. The molecule has 1 amide bonds. The summed E-state index contributed by atoms with van der Waals surface area (Å²) in [6.07, 6.45) is 1.60. The molecule has 0 spiro atoms. The standard InChI is InChI=1S/C24H19FN4O2/c1-31-21-11-9-20(10-12-21)28-24(30)16-5-7-19(8-6-16)27-22-13-14-26-23(29-22)17-3-2-4-18(25)15-17/h2-15H,1H3,(H,28,30)(H,26,27,29). The largest absolute Gasteiger partial charge is 0.497 e. The molecule has 0 bridgehead atoms. The summed E-state index contributed by atoms with van der Waals surface area (Å²) < 4.78 is 18.6. The fraction of sp³-hybridized carbons (Fsp3) is 0.0417. The number of carbonyl (C=O) groups is 1. The van der Waals surface area contributed by atoms with Crippen LogP contribution in [0.1, 0.15) is 10.4 Å². The Morgan fingerprint density at radius 1 is 0.935 bits per heavy atom. The molecule has 4 aromatic rings. The second-order valence-electron chi connectivity index (χ2n) is 6.66. The van der Waals surface area contributed by atoms with E-state index < -0.39 is 0 Å². The zero-order valence-corrected chi connectivity index (χ0v) is 16.7. The van der Waals surface area contributed by atoms with E-state index in [4.69, 9.17) is 4.74 Å². The van der Waals surface area contributed by atoms with Gasteiger partial charge in [-0.1, -0.05) is 12.1 Å². The molecule has 154 valence electrons. The Morgan fingerprint density at radius 3 is 2.39 bits per heavy atom. The minimum atomic E-state index is -0.344. The van der Waals surface area contributed by atoms with Crippen LogP contribution in [0.2, 0.25) is 0 Å². The Labute approximate surface area is 178 Å². The Hall–Kier alpha value is -4.26. The summed E-state index contributed by atoms with van der Waals surface area (Å²) in [7, 11) is 1.59. The van der Waals surface area contributed by atoms with Crippen molar-refractivity contribution in [2.45, 2.75) is 0 Å². The average Bonchev–Trinajstić information content (AvgIpc) is 2.80. The third-order valence-electron chi connectivity index (χ3n) is 4.51. The number of halogens is 1. The molecule has 0 saturated carbocycles. The van der Waals surface area contributed by atoms with Crippen molar-refractivity contribution in [1.82, 2.24) is 9.97 Å². The van der Waals surface area contributed by atoms with Crippen LogP contribution in [0.25, 0.3) is 11.4 Å². The van der Waals surface area contributed by atoms with Crippen LogP contribution in [0.5, 0.6) is 5.75 Å². The predicted molar refractivity (Wildman–Crippen MR) is 118 cm³/mol. The first-order valence-electron chi connectivity index (χ1n) is 9.52. The number of ether oxygens (including phenoxy) is 1. The summed E-state index contributed by atoms with van der Waals surface area (Å²) in [6.45, 7) is 0. The predicted octanol–water partition coefficient (Wildman–Crippen LogP) is 5.29. The molecule has 2 N–H and O–H groups in total. The SMILES string of the molecule is COc1ccc(NC(=O)c2ccc(Nc3ccnc(-c4cccc(F)c4)n3)cc2)cc1. The first kappa shape index (κ1) is 20.0. The molecule has 0 saturated heterocycles. The van der Waals surface area contributed by atoms with Crippen molar-refractivity contribution >= 4 is 23.1 Å². The molecular weight excluding hydrogens is 395 g/mol. The first-order valence-corrected chi connectivity index (χ1v) is 9.52. The van der Waals surface area contributed by atoms with Gasteiger partial charge in [0.15, 0.2) is 5.82 Å². The smallest absolute Gasteiger partial charge is 0.255 e. The second-order valence-corrected chi connectivity index (χ2v) is 6.66. The first-order chi connectivity index (χ1) is 15.1. The van der Waals surface area contributed by atoms with Crippen molar-refractivity contribution in [2.24, 2.45) is 0 Å². The highest BCUT2D eigenvalue weighted by atomic mass is 19.1. The summed E-state index contributed by atoms with van der Waals surface area (Å²) in [5.41, 5.74) is 2.54. The Bertz CT molecular complexity index is 1190. The number of methoxy groups -OCH3 is 1. The van der Waals surface area contributed by atoms with Gasteiger partial charge in [0.2, 0.25) is 0 Å². The van der Waals surface area contributed by atoms with Gasteiger partial charge in [-0.3, -0.25) is 4.79 Å². The molecule has 0 aliphatic heterocycles. The van der Waals surface area contributed by atoms with E-state index in [2.05, 4.69) is 20.6 Å². The van der Waals surface area contributed by atoms with Gasteiger partial charge in [-0.15, -0.1) is 0 Å². The van der Waals surface area contributed by atoms with Crippen molar-refractivity contribution in [1.29, 1.82) is 0 Å². The number of nitrogens with zero attached hydrogens (tertiary/aromatic N) is 2. The third-order valence-corrected chi connectivity index (χ3v) is 4.51. The van der Waals surface area contributed by atoms with Crippen LogP contribution in [0.15, 0.2) is 85.1 Å². The molecular formula is C24H19FN4O2. The van der Waals surface area contributed by atoms with E-state index in [9.17, 15) is 9.18 Å². The maximum Gasteiger partial charge on any atom is 0.255 e. The fourth-order valence-corrected chi connectivity index (χ4v) is 2.93. The molecule has 0 aliphatic rings. The molecule has 6 nitrogen and oxygen atoms in total. The summed E-state index contributed by atoms with van der Waals surface area (Å²) >= 11 is 0. The lowest BCUT2D eigenvalue weighted by Gasteiger charge is -2.09. The van der Waals surface area contributed by atoms with Crippen LogP contribution >= 0.6 is 0 Å². The normalized spacial score (nSPS) is 10.4. The minimum Gasteiger partial charge on any atom is -0.497 e. The van der Waals surface area contributed by atoms with Gasteiger partial charge in [0.25, 0.3) is 5.91 Å². The third kappa shape index (κ3) is 5.02. The highest BCUT2D eigenvalue weighted by Crippen LogP contribution is 2.21. The molecule has 1 aromatic heterocycles. The molecule has 7 heteroatoms. The quantitative estimate of drug-likeness (QED) is 0.449. The van der Waals surface area contributed by atoms with Gasteiger partial charge in [0.05, 0.1) is 7.11 Å². The van der Waals surface area contributed by atoms with Gasteiger partial charge in [-0.25, -0.2) is 14.4 Å². The highest BCUT2D eigenvalue weighted by molar-refractivity contribution is 6.04. The number of nitrogens with one attached hydrogen (secondary N) is 2. The number of rotatable bonds is 6. The Balaban J connectivity index is 1.43. The van der Waals surface area contributed by atoms with Crippen molar-refractivity contribution in [3.8, 4) is 17.1 Å². The van der Waals surface area contributed by atoms with E-state index in [1.165, 1.54) is 12.1 Å². The van der Waals surface area contributed by atoms with E-state index in [1.807, 2.05) is 0 Å². The molecule has 4 rings (SSSR count). The zero-order chi connectivity index (χ0) is 21.6. The van der Waals surface area contributed by atoms with E-state index in [0.29, 0.717) is 28.5 Å². The average molecular weight is 414 g/mol. The van der Waals surface area contributed by atoms with Gasteiger partial charge in [-0.05, 0) is 66.7 Å². The fourth-order valence-electron chi connectivity index (χ4n) is 2.93. The lowest BCUT2D eigenvalue weighted by atomic mass is 10.2. The van der Waals surface area contributed by atoms with Gasteiger partial charge in [0.1, 0.15) is 17.4 Å². The van der Waals surface area contributed by atoms with Crippen LogP contribution in [0, 0.1) is 5.82 Å². The topological polar surface area (TPSA) is 76.1 Å². The molecule has 0 atom stereocenters.